The lowest BCUT2D eigenvalue weighted by molar-refractivity contribution is -0.113. The predicted octanol–water partition coefficient (Wildman–Crippen LogP) is 7.31. The second kappa shape index (κ2) is 11.1. The fourth-order valence-electron chi connectivity index (χ4n) is 6.10. The molecule has 0 radical (unpaired) electrons. The van der Waals surface area contributed by atoms with Gasteiger partial charge in [0.2, 0.25) is 5.91 Å². The first kappa shape index (κ1) is 27.4. The van der Waals surface area contributed by atoms with Gasteiger partial charge in [0.15, 0.2) is 5.16 Å². The number of aryl methyl sites for hydroxylation is 1. The topological polar surface area (TPSA) is 86.7 Å². The molecule has 0 atom stereocenters. The van der Waals surface area contributed by atoms with Crippen molar-refractivity contribution in [2.24, 2.45) is 0 Å². The summed E-state index contributed by atoms with van der Waals surface area (Å²) in [5.41, 5.74) is 5.29. The zero-order chi connectivity index (χ0) is 30.5. The van der Waals surface area contributed by atoms with Gasteiger partial charge in [-0.2, -0.15) is 5.10 Å². The van der Waals surface area contributed by atoms with Gasteiger partial charge in [-0.05, 0) is 68.3 Å². The molecule has 1 aliphatic carbocycles. The summed E-state index contributed by atoms with van der Waals surface area (Å²) in [5.74, 6) is 0.950. The predicted molar refractivity (Wildman–Crippen MR) is 181 cm³/mol. The van der Waals surface area contributed by atoms with Gasteiger partial charge in [0.25, 0.3) is 5.56 Å². The maximum absolute atomic E-state index is 14.0. The fourth-order valence-corrected chi connectivity index (χ4v) is 6.91. The molecule has 3 heterocycles. The number of amides is 1. The molecular formula is C36H30N6O2S. The lowest BCUT2D eigenvalue weighted by Crippen LogP contribution is -2.23. The average molecular weight is 611 g/mol. The minimum absolute atomic E-state index is 0.0703. The molecule has 222 valence electrons. The smallest absolute Gasteiger partial charge is 0.266 e. The van der Waals surface area contributed by atoms with Gasteiger partial charge in [-0.25, -0.2) is 9.67 Å². The summed E-state index contributed by atoms with van der Waals surface area (Å²) in [6, 6.07) is 33.6. The van der Waals surface area contributed by atoms with E-state index in [4.69, 9.17) is 10.1 Å². The number of hydrogen-bond acceptors (Lipinski definition) is 5. The number of benzene rings is 4. The molecule has 0 bridgehead atoms. The Hall–Kier alpha value is -5.15. The molecule has 8 rings (SSSR count). The molecule has 0 saturated heterocycles. The second-order valence-corrected chi connectivity index (χ2v) is 12.3. The maximum Gasteiger partial charge on any atom is 0.266 e. The van der Waals surface area contributed by atoms with Crippen LogP contribution in [-0.4, -0.2) is 35.6 Å². The van der Waals surface area contributed by atoms with Crippen molar-refractivity contribution in [3.63, 3.8) is 0 Å². The SMILES string of the molecule is CCn1c2ccccc2c2cc(-n3c(SCC(=O)Nc4cc(C5CC5)nn4-c4ccccc4)nc4ccccc4c3=O)ccc21. The number of nitrogens with zero attached hydrogens (tertiary/aromatic N) is 5. The normalized spacial score (nSPS) is 13.2. The van der Waals surface area contributed by atoms with Crippen LogP contribution in [0.4, 0.5) is 5.82 Å². The highest BCUT2D eigenvalue weighted by Crippen LogP contribution is 2.40. The minimum atomic E-state index is -0.199. The lowest BCUT2D eigenvalue weighted by atomic mass is 10.1. The van der Waals surface area contributed by atoms with E-state index in [-0.39, 0.29) is 17.2 Å². The van der Waals surface area contributed by atoms with E-state index >= 15 is 0 Å². The van der Waals surface area contributed by atoms with E-state index < -0.39 is 0 Å². The minimum Gasteiger partial charge on any atom is -0.341 e. The summed E-state index contributed by atoms with van der Waals surface area (Å²) in [7, 11) is 0. The van der Waals surface area contributed by atoms with E-state index in [1.807, 2.05) is 72.8 Å². The number of fused-ring (bicyclic) bond motifs is 4. The Balaban J connectivity index is 1.16. The van der Waals surface area contributed by atoms with E-state index in [9.17, 15) is 9.59 Å². The monoisotopic (exact) mass is 610 g/mol. The molecule has 0 spiro atoms. The van der Waals surface area contributed by atoms with E-state index in [0.717, 1.165) is 52.6 Å². The Morgan fingerprint density at radius 1 is 0.844 bits per heavy atom. The van der Waals surface area contributed by atoms with Crippen LogP contribution < -0.4 is 10.9 Å². The molecule has 0 unspecified atom stereocenters. The van der Waals surface area contributed by atoms with Gasteiger partial charge in [0.1, 0.15) is 5.82 Å². The largest absolute Gasteiger partial charge is 0.341 e. The number of nitrogens with one attached hydrogen (secondary N) is 1. The molecule has 7 aromatic rings. The van der Waals surface area contributed by atoms with Crippen molar-refractivity contribution in [2.45, 2.75) is 37.4 Å². The molecule has 0 aliphatic heterocycles. The number of carbonyl (C=O) groups is 1. The van der Waals surface area contributed by atoms with Gasteiger partial charge < -0.3 is 9.88 Å². The van der Waals surface area contributed by atoms with Crippen LogP contribution in [0.15, 0.2) is 113 Å². The zero-order valence-electron chi connectivity index (χ0n) is 24.7. The number of para-hydroxylation sites is 3. The molecule has 4 aromatic carbocycles. The van der Waals surface area contributed by atoms with Gasteiger partial charge in [0.05, 0.1) is 33.7 Å². The van der Waals surface area contributed by atoms with E-state index in [2.05, 4.69) is 41.1 Å². The molecule has 9 heteroatoms. The zero-order valence-corrected chi connectivity index (χ0v) is 25.5. The number of hydrogen-bond donors (Lipinski definition) is 1. The Morgan fingerprint density at radius 2 is 1.58 bits per heavy atom. The van der Waals surface area contributed by atoms with Crippen LogP contribution >= 0.6 is 11.8 Å². The Labute approximate surface area is 263 Å². The molecule has 3 aromatic heterocycles. The van der Waals surface area contributed by atoms with Crippen molar-refractivity contribution in [3.8, 4) is 11.4 Å². The van der Waals surface area contributed by atoms with Gasteiger partial charge in [0, 0.05) is 40.3 Å². The van der Waals surface area contributed by atoms with Crippen LogP contribution in [0.1, 0.15) is 31.4 Å². The van der Waals surface area contributed by atoms with Crippen LogP contribution in [0.25, 0.3) is 44.1 Å². The molecule has 1 amide bonds. The van der Waals surface area contributed by atoms with Crippen molar-refractivity contribution in [1.82, 2.24) is 23.9 Å². The summed E-state index contributed by atoms with van der Waals surface area (Å²) in [5, 5.41) is 11.1. The van der Waals surface area contributed by atoms with Gasteiger partial charge >= 0.3 is 0 Å². The Morgan fingerprint density at radius 3 is 2.38 bits per heavy atom. The van der Waals surface area contributed by atoms with Crippen LogP contribution in [0, 0.1) is 0 Å². The third kappa shape index (κ3) is 4.89. The number of rotatable bonds is 8. The maximum atomic E-state index is 14.0. The van der Waals surface area contributed by atoms with Gasteiger partial charge in [-0.15, -0.1) is 0 Å². The van der Waals surface area contributed by atoms with Crippen molar-refractivity contribution >= 4 is 56.2 Å². The molecule has 1 saturated carbocycles. The number of carbonyl (C=O) groups excluding carboxylic acids is 1. The van der Waals surface area contributed by atoms with Crippen LogP contribution in [0.2, 0.25) is 0 Å². The summed E-state index contributed by atoms with van der Waals surface area (Å²) in [6.07, 6.45) is 2.23. The van der Waals surface area contributed by atoms with Crippen LogP contribution in [0.3, 0.4) is 0 Å². The summed E-state index contributed by atoms with van der Waals surface area (Å²) in [6.45, 7) is 2.97. The van der Waals surface area contributed by atoms with E-state index in [0.29, 0.717) is 33.5 Å². The fraction of sp³-hybridized carbons (Fsp3) is 0.167. The van der Waals surface area contributed by atoms with Crippen molar-refractivity contribution in [3.05, 3.63) is 119 Å². The van der Waals surface area contributed by atoms with E-state index in [1.165, 1.54) is 11.8 Å². The molecular weight excluding hydrogens is 581 g/mol. The third-order valence-corrected chi connectivity index (χ3v) is 9.34. The third-order valence-electron chi connectivity index (χ3n) is 8.40. The van der Waals surface area contributed by atoms with Crippen LogP contribution in [-0.2, 0) is 11.3 Å². The van der Waals surface area contributed by atoms with Gasteiger partial charge in [-0.3, -0.25) is 14.2 Å². The van der Waals surface area contributed by atoms with E-state index in [1.54, 1.807) is 15.3 Å². The van der Waals surface area contributed by atoms with Crippen molar-refractivity contribution < 1.29 is 4.79 Å². The lowest BCUT2D eigenvalue weighted by Gasteiger charge is -2.14. The van der Waals surface area contributed by atoms with Gasteiger partial charge in [-0.1, -0.05) is 60.3 Å². The second-order valence-electron chi connectivity index (χ2n) is 11.3. The number of thioether (sulfide) groups is 1. The Bertz CT molecular complexity index is 2300. The van der Waals surface area contributed by atoms with Crippen molar-refractivity contribution in [1.29, 1.82) is 0 Å². The summed E-state index contributed by atoms with van der Waals surface area (Å²) in [4.78, 5) is 32.3. The first-order chi connectivity index (χ1) is 22.1. The molecule has 45 heavy (non-hydrogen) atoms. The Kier molecular flexibility index (Phi) is 6.75. The van der Waals surface area contributed by atoms with Crippen molar-refractivity contribution in [2.75, 3.05) is 11.1 Å². The number of aromatic nitrogens is 5. The highest BCUT2D eigenvalue weighted by molar-refractivity contribution is 7.99. The van der Waals surface area contributed by atoms with Crippen LogP contribution in [0.5, 0.6) is 0 Å². The first-order valence-electron chi connectivity index (χ1n) is 15.2. The number of anilines is 1. The first-order valence-corrected chi connectivity index (χ1v) is 16.2. The average Bonchev–Trinajstić information content (AvgIpc) is 3.77. The summed E-state index contributed by atoms with van der Waals surface area (Å²) >= 11 is 1.25. The summed E-state index contributed by atoms with van der Waals surface area (Å²) < 4.78 is 5.71. The standard InChI is InChI=1S/C36H30N6O2S/c1-2-40-31-15-9-7-12-26(31)28-20-25(18-19-32(28)40)41-35(44)27-13-6-8-14-29(27)37-36(41)45-22-34(43)38-33-21-30(23-16-17-23)39-42(33)24-10-4-3-5-11-24/h3-15,18-21,23H,2,16-17,22H2,1H3,(H,38,43). The molecule has 1 fully saturated rings. The quantitative estimate of drug-likeness (QED) is 0.144. The highest BCUT2D eigenvalue weighted by Gasteiger charge is 2.28. The molecule has 1 N–H and O–H groups in total. The molecule has 8 nitrogen and oxygen atoms in total. The molecule has 1 aliphatic rings. The highest BCUT2D eigenvalue weighted by atomic mass is 32.2.